The zero-order valence-electron chi connectivity index (χ0n) is 11.3. The van der Waals surface area contributed by atoms with Crippen molar-refractivity contribution in [3.63, 3.8) is 0 Å². The number of carbonyl (C=O) groups is 1. The van der Waals surface area contributed by atoms with Crippen molar-refractivity contribution >= 4 is 5.97 Å². The molecule has 1 aromatic rings. The predicted octanol–water partition coefficient (Wildman–Crippen LogP) is 2.89. The van der Waals surface area contributed by atoms with E-state index in [4.69, 9.17) is 14.6 Å². The summed E-state index contributed by atoms with van der Waals surface area (Å²) in [5.41, 5.74) is 0.886. The van der Waals surface area contributed by atoms with Crippen molar-refractivity contribution in [1.29, 1.82) is 0 Å². The van der Waals surface area contributed by atoms with Gasteiger partial charge in [0.25, 0.3) is 0 Å². The molecule has 0 fully saturated rings. The number of hydrogen-bond acceptors (Lipinski definition) is 3. The first-order chi connectivity index (χ1) is 8.35. The van der Waals surface area contributed by atoms with Gasteiger partial charge in [0.05, 0.1) is 17.8 Å². The van der Waals surface area contributed by atoms with Gasteiger partial charge in [0.1, 0.15) is 5.75 Å². The summed E-state index contributed by atoms with van der Waals surface area (Å²) in [6, 6.07) is 4.85. The summed E-state index contributed by atoms with van der Waals surface area (Å²) in [5, 5.41) is 8.86. The summed E-state index contributed by atoms with van der Waals surface area (Å²) in [6.07, 6.45) is 0.767. The van der Waals surface area contributed by atoms with Gasteiger partial charge in [-0.1, -0.05) is 0 Å². The lowest BCUT2D eigenvalue weighted by Crippen LogP contribution is -2.25. The third kappa shape index (κ3) is 4.04. The molecule has 4 heteroatoms. The van der Waals surface area contributed by atoms with Crippen LogP contribution in [0.5, 0.6) is 5.75 Å². The van der Waals surface area contributed by atoms with Gasteiger partial charge in [-0.2, -0.15) is 0 Å². The van der Waals surface area contributed by atoms with E-state index in [1.54, 1.807) is 25.3 Å². The fourth-order valence-electron chi connectivity index (χ4n) is 1.45. The molecule has 0 aliphatic heterocycles. The number of aryl methyl sites for hydroxylation is 1. The topological polar surface area (TPSA) is 55.8 Å². The maximum absolute atomic E-state index is 10.8. The Hall–Kier alpha value is -1.55. The number of benzene rings is 1. The van der Waals surface area contributed by atoms with Crippen LogP contribution in [0, 0.1) is 6.92 Å². The molecule has 1 aromatic carbocycles. The van der Waals surface area contributed by atoms with Gasteiger partial charge in [-0.15, -0.1) is 0 Å². The second-order valence-electron chi connectivity index (χ2n) is 4.85. The smallest absolute Gasteiger partial charge is 0.335 e. The van der Waals surface area contributed by atoms with Crippen LogP contribution in [0.1, 0.15) is 36.2 Å². The average Bonchev–Trinajstić information content (AvgIpc) is 2.31. The minimum atomic E-state index is -0.926. The number of methoxy groups -OCH3 is 1. The van der Waals surface area contributed by atoms with Crippen molar-refractivity contribution in [2.75, 3.05) is 13.7 Å². The number of rotatable bonds is 6. The highest BCUT2D eigenvalue weighted by Crippen LogP contribution is 2.21. The van der Waals surface area contributed by atoms with Crippen LogP contribution in [-0.2, 0) is 4.74 Å². The molecule has 0 saturated heterocycles. The van der Waals surface area contributed by atoms with E-state index in [-0.39, 0.29) is 11.2 Å². The molecule has 100 valence electrons. The Labute approximate surface area is 108 Å². The molecule has 0 atom stereocenters. The van der Waals surface area contributed by atoms with E-state index in [1.807, 2.05) is 20.8 Å². The van der Waals surface area contributed by atoms with E-state index in [1.165, 1.54) is 0 Å². The molecule has 0 aliphatic carbocycles. The third-order valence-corrected chi connectivity index (χ3v) is 2.94. The second kappa shape index (κ2) is 5.87. The minimum Gasteiger partial charge on any atom is -0.493 e. The SMILES string of the molecule is COC(C)(C)CCOc1ccc(C(=O)O)cc1C. The van der Waals surface area contributed by atoms with Crippen LogP contribution in [0.25, 0.3) is 0 Å². The predicted molar refractivity (Wildman–Crippen MR) is 69.3 cm³/mol. The molecule has 18 heavy (non-hydrogen) atoms. The first kappa shape index (κ1) is 14.5. The fourth-order valence-corrected chi connectivity index (χ4v) is 1.45. The van der Waals surface area contributed by atoms with Crippen LogP contribution in [0.4, 0.5) is 0 Å². The highest BCUT2D eigenvalue weighted by atomic mass is 16.5. The standard InChI is InChI=1S/C14H20O4/c1-10-9-11(13(15)16)5-6-12(10)18-8-7-14(2,3)17-4/h5-6,9H,7-8H2,1-4H3,(H,15,16). The number of hydrogen-bond donors (Lipinski definition) is 1. The van der Waals surface area contributed by atoms with Crippen molar-refractivity contribution in [3.05, 3.63) is 29.3 Å². The summed E-state index contributed by atoms with van der Waals surface area (Å²) in [5.74, 6) is -0.211. The molecule has 0 unspecified atom stereocenters. The molecule has 0 radical (unpaired) electrons. The quantitative estimate of drug-likeness (QED) is 0.845. The van der Waals surface area contributed by atoms with Gasteiger partial charge >= 0.3 is 5.97 Å². The van der Waals surface area contributed by atoms with Crippen LogP contribution >= 0.6 is 0 Å². The van der Waals surface area contributed by atoms with Crippen LogP contribution < -0.4 is 4.74 Å². The van der Waals surface area contributed by atoms with Crippen LogP contribution in [0.3, 0.4) is 0 Å². The van der Waals surface area contributed by atoms with E-state index in [9.17, 15) is 4.79 Å². The Kier molecular flexibility index (Phi) is 4.73. The number of ether oxygens (including phenoxy) is 2. The van der Waals surface area contributed by atoms with Gasteiger partial charge in [0.2, 0.25) is 0 Å². The van der Waals surface area contributed by atoms with Crippen molar-refractivity contribution < 1.29 is 19.4 Å². The molecule has 1 rings (SSSR count). The Bertz CT molecular complexity index is 424. The summed E-state index contributed by atoms with van der Waals surface area (Å²) in [7, 11) is 1.67. The summed E-state index contributed by atoms with van der Waals surface area (Å²) >= 11 is 0. The molecule has 0 amide bonds. The molecular formula is C14H20O4. The molecule has 0 spiro atoms. The van der Waals surface area contributed by atoms with Crippen LogP contribution in [0.2, 0.25) is 0 Å². The Morgan fingerprint density at radius 3 is 2.56 bits per heavy atom. The lowest BCUT2D eigenvalue weighted by Gasteiger charge is -2.22. The van der Waals surface area contributed by atoms with Gasteiger partial charge in [0, 0.05) is 13.5 Å². The van der Waals surface area contributed by atoms with Crippen molar-refractivity contribution in [2.45, 2.75) is 32.8 Å². The molecule has 0 aromatic heterocycles. The normalized spacial score (nSPS) is 11.3. The first-order valence-corrected chi connectivity index (χ1v) is 5.87. The Morgan fingerprint density at radius 1 is 1.39 bits per heavy atom. The zero-order valence-corrected chi connectivity index (χ0v) is 11.3. The summed E-state index contributed by atoms with van der Waals surface area (Å²) < 4.78 is 10.9. The largest absolute Gasteiger partial charge is 0.493 e. The zero-order chi connectivity index (χ0) is 13.8. The molecule has 0 heterocycles. The highest BCUT2D eigenvalue weighted by Gasteiger charge is 2.16. The van der Waals surface area contributed by atoms with E-state index >= 15 is 0 Å². The lowest BCUT2D eigenvalue weighted by atomic mass is 10.1. The maximum atomic E-state index is 10.8. The van der Waals surface area contributed by atoms with Gasteiger partial charge in [0.15, 0.2) is 0 Å². The van der Waals surface area contributed by atoms with Crippen molar-refractivity contribution in [1.82, 2.24) is 0 Å². The van der Waals surface area contributed by atoms with Gasteiger partial charge in [-0.25, -0.2) is 4.79 Å². The van der Waals surface area contributed by atoms with Crippen molar-refractivity contribution in [2.24, 2.45) is 0 Å². The number of aromatic carboxylic acids is 1. The lowest BCUT2D eigenvalue weighted by molar-refractivity contribution is 0.00540. The monoisotopic (exact) mass is 252 g/mol. The minimum absolute atomic E-state index is 0.213. The average molecular weight is 252 g/mol. The maximum Gasteiger partial charge on any atom is 0.335 e. The van der Waals surface area contributed by atoms with E-state index in [0.717, 1.165) is 12.0 Å². The molecule has 1 N–H and O–H groups in total. The van der Waals surface area contributed by atoms with E-state index < -0.39 is 5.97 Å². The molecule has 0 aliphatic rings. The first-order valence-electron chi connectivity index (χ1n) is 5.87. The Morgan fingerprint density at radius 2 is 2.06 bits per heavy atom. The fraction of sp³-hybridized carbons (Fsp3) is 0.500. The molecular weight excluding hydrogens is 232 g/mol. The van der Waals surface area contributed by atoms with Crippen LogP contribution in [0.15, 0.2) is 18.2 Å². The summed E-state index contributed by atoms with van der Waals surface area (Å²) in [6.45, 7) is 6.37. The van der Waals surface area contributed by atoms with E-state index in [0.29, 0.717) is 12.4 Å². The molecule has 4 nitrogen and oxygen atoms in total. The third-order valence-electron chi connectivity index (χ3n) is 2.94. The molecule has 0 bridgehead atoms. The van der Waals surface area contributed by atoms with Crippen LogP contribution in [-0.4, -0.2) is 30.4 Å². The van der Waals surface area contributed by atoms with Gasteiger partial charge in [-0.3, -0.25) is 0 Å². The number of carboxylic acid groups (broad SMARTS) is 1. The van der Waals surface area contributed by atoms with Gasteiger partial charge < -0.3 is 14.6 Å². The van der Waals surface area contributed by atoms with Crippen molar-refractivity contribution in [3.8, 4) is 5.75 Å². The number of carboxylic acids is 1. The van der Waals surface area contributed by atoms with E-state index in [2.05, 4.69) is 0 Å². The molecule has 0 saturated carbocycles. The van der Waals surface area contributed by atoms with Gasteiger partial charge in [-0.05, 0) is 44.5 Å². The Balaban J connectivity index is 2.61. The highest BCUT2D eigenvalue weighted by molar-refractivity contribution is 5.88. The summed E-state index contributed by atoms with van der Waals surface area (Å²) in [4.78, 5) is 10.8. The second-order valence-corrected chi connectivity index (χ2v) is 4.85.